The summed E-state index contributed by atoms with van der Waals surface area (Å²) in [5.41, 5.74) is 1.73. The van der Waals surface area contributed by atoms with E-state index in [1.54, 1.807) is 11.9 Å². The molecule has 1 fully saturated rings. The minimum Gasteiger partial charge on any atom is -0.356 e. The van der Waals surface area contributed by atoms with Gasteiger partial charge in [0, 0.05) is 31.3 Å². The van der Waals surface area contributed by atoms with Gasteiger partial charge in [0.05, 0.1) is 6.54 Å². The summed E-state index contributed by atoms with van der Waals surface area (Å²) in [5, 5.41) is 7.09. The Kier molecular flexibility index (Phi) is 6.28. The molecule has 0 unspecified atom stereocenters. The van der Waals surface area contributed by atoms with E-state index >= 15 is 0 Å². The first-order valence-corrected chi connectivity index (χ1v) is 9.33. The maximum atomic E-state index is 12.3. The van der Waals surface area contributed by atoms with Crippen molar-refractivity contribution >= 4 is 6.03 Å². The van der Waals surface area contributed by atoms with E-state index in [4.69, 9.17) is 4.52 Å². The molecule has 26 heavy (non-hydrogen) atoms. The van der Waals surface area contributed by atoms with Gasteiger partial charge in [-0.3, -0.25) is 0 Å². The summed E-state index contributed by atoms with van der Waals surface area (Å²) in [7, 11) is 3.95. The molecule has 6 heteroatoms. The number of benzene rings is 1. The number of urea groups is 1. The van der Waals surface area contributed by atoms with Gasteiger partial charge in [-0.1, -0.05) is 41.9 Å². The molecule has 0 radical (unpaired) electrons. The topological polar surface area (TPSA) is 61.6 Å². The standard InChI is InChI=1S/C20H28N4O2/c1-23-13-7-6-10-18(23)11-12-21-20(25)24(2)15-17-14-19(26-22-17)16-8-4-3-5-9-16/h3-5,8-9,14,18H,6-7,10-13,15H2,1-2H3,(H,21,25)/t18-/m0/s1. The van der Waals surface area contributed by atoms with Crippen LogP contribution < -0.4 is 5.32 Å². The molecule has 0 aliphatic carbocycles. The summed E-state index contributed by atoms with van der Waals surface area (Å²) >= 11 is 0. The van der Waals surface area contributed by atoms with Crippen molar-refractivity contribution in [1.29, 1.82) is 0 Å². The van der Waals surface area contributed by atoms with Gasteiger partial charge in [-0.15, -0.1) is 0 Å². The van der Waals surface area contributed by atoms with Gasteiger partial charge in [0.15, 0.2) is 5.76 Å². The highest BCUT2D eigenvalue weighted by molar-refractivity contribution is 5.73. The molecule has 6 nitrogen and oxygen atoms in total. The van der Waals surface area contributed by atoms with Crippen LogP contribution >= 0.6 is 0 Å². The van der Waals surface area contributed by atoms with Crippen LogP contribution in [0.1, 0.15) is 31.4 Å². The molecule has 2 amide bonds. The van der Waals surface area contributed by atoms with Gasteiger partial charge in [0.1, 0.15) is 5.69 Å². The molecule has 2 aromatic rings. The number of rotatable bonds is 6. The Hall–Kier alpha value is -2.34. The quantitative estimate of drug-likeness (QED) is 0.862. The van der Waals surface area contributed by atoms with Gasteiger partial charge >= 0.3 is 6.03 Å². The van der Waals surface area contributed by atoms with Crippen molar-refractivity contribution in [2.75, 3.05) is 27.2 Å². The number of hydrogen-bond acceptors (Lipinski definition) is 4. The van der Waals surface area contributed by atoms with Crippen molar-refractivity contribution in [3.8, 4) is 11.3 Å². The summed E-state index contributed by atoms with van der Waals surface area (Å²) in [6, 6.07) is 12.2. The third kappa shape index (κ3) is 4.85. The lowest BCUT2D eigenvalue weighted by atomic mass is 10.0. The van der Waals surface area contributed by atoms with Crippen molar-refractivity contribution in [2.45, 2.75) is 38.3 Å². The van der Waals surface area contributed by atoms with E-state index in [1.807, 2.05) is 36.4 Å². The number of hydrogen-bond donors (Lipinski definition) is 1. The Labute approximate surface area is 155 Å². The average molecular weight is 356 g/mol. The molecule has 140 valence electrons. The molecule has 0 bridgehead atoms. The van der Waals surface area contributed by atoms with Gasteiger partial charge in [-0.25, -0.2) is 4.79 Å². The van der Waals surface area contributed by atoms with Gasteiger partial charge < -0.3 is 19.6 Å². The number of aromatic nitrogens is 1. The monoisotopic (exact) mass is 356 g/mol. The molecule has 1 aromatic heterocycles. The van der Waals surface area contributed by atoms with Crippen molar-refractivity contribution in [2.24, 2.45) is 0 Å². The smallest absolute Gasteiger partial charge is 0.317 e. The van der Waals surface area contributed by atoms with Gasteiger partial charge in [0.25, 0.3) is 0 Å². The summed E-state index contributed by atoms with van der Waals surface area (Å²) in [4.78, 5) is 16.3. The Bertz CT molecular complexity index is 701. The molecular weight excluding hydrogens is 328 g/mol. The van der Waals surface area contributed by atoms with Crippen LogP contribution in [0.4, 0.5) is 4.79 Å². The zero-order valence-electron chi connectivity index (χ0n) is 15.6. The minimum absolute atomic E-state index is 0.0762. The summed E-state index contributed by atoms with van der Waals surface area (Å²) in [6.45, 7) is 2.28. The van der Waals surface area contributed by atoms with Crippen molar-refractivity contribution in [3.63, 3.8) is 0 Å². The van der Waals surface area contributed by atoms with E-state index < -0.39 is 0 Å². The first-order valence-electron chi connectivity index (χ1n) is 9.33. The summed E-state index contributed by atoms with van der Waals surface area (Å²) in [5.74, 6) is 0.717. The molecular formula is C20H28N4O2. The Balaban J connectivity index is 1.45. The number of carbonyl (C=O) groups excluding carboxylic acids is 1. The minimum atomic E-state index is -0.0762. The largest absolute Gasteiger partial charge is 0.356 e. The highest BCUT2D eigenvalue weighted by atomic mass is 16.5. The second-order valence-corrected chi connectivity index (χ2v) is 7.06. The predicted octanol–water partition coefficient (Wildman–Crippen LogP) is 3.36. The van der Waals surface area contributed by atoms with Crippen LogP contribution in [-0.4, -0.2) is 54.2 Å². The maximum absolute atomic E-state index is 12.3. The number of carbonyl (C=O) groups is 1. The lowest BCUT2D eigenvalue weighted by Crippen LogP contribution is -2.41. The van der Waals surface area contributed by atoms with Crippen LogP contribution in [0.15, 0.2) is 40.9 Å². The molecule has 1 N–H and O–H groups in total. The molecule has 1 aliphatic rings. The molecule has 0 saturated carbocycles. The Morgan fingerprint density at radius 1 is 1.35 bits per heavy atom. The van der Waals surface area contributed by atoms with Gasteiger partial charge in [-0.05, 0) is 32.9 Å². The van der Waals surface area contributed by atoms with E-state index in [-0.39, 0.29) is 6.03 Å². The van der Waals surface area contributed by atoms with E-state index in [9.17, 15) is 4.79 Å². The van der Waals surface area contributed by atoms with Crippen LogP contribution in [0.3, 0.4) is 0 Å². The fourth-order valence-electron chi connectivity index (χ4n) is 3.43. The molecule has 3 rings (SSSR count). The van der Waals surface area contributed by atoms with Crippen molar-refractivity contribution < 1.29 is 9.32 Å². The number of likely N-dealkylation sites (tertiary alicyclic amines) is 1. The number of amides is 2. The fourth-order valence-corrected chi connectivity index (χ4v) is 3.43. The summed E-state index contributed by atoms with van der Waals surface area (Å²) in [6.07, 6.45) is 4.80. The number of nitrogens with zero attached hydrogens (tertiary/aromatic N) is 3. The third-order valence-corrected chi connectivity index (χ3v) is 5.04. The van der Waals surface area contributed by atoms with E-state index in [0.717, 1.165) is 30.0 Å². The molecule has 2 heterocycles. The summed E-state index contributed by atoms with van der Waals surface area (Å²) < 4.78 is 5.39. The van der Waals surface area contributed by atoms with E-state index in [0.29, 0.717) is 19.1 Å². The highest BCUT2D eigenvalue weighted by Gasteiger charge is 2.19. The second-order valence-electron chi connectivity index (χ2n) is 7.06. The average Bonchev–Trinajstić information content (AvgIpc) is 3.12. The lowest BCUT2D eigenvalue weighted by Gasteiger charge is -2.32. The predicted molar refractivity (Wildman–Crippen MR) is 102 cm³/mol. The fraction of sp³-hybridized carbons (Fsp3) is 0.500. The number of nitrogens with one attached hydrogen (secondary N) is 1. The van der Waals surface area contributed by atoms with Crippen LogP contribution in [0.2, 0.25) is 0 Å². The highest BCUT2D eigenvalue weighted by Crippen LogP contribution is 2.20. The number of piperidine rings is 1. The molecule has 1 saturated heterocycles. The normalized spacial score (nSPS) is 17.8. The van der Waals surface area contributed by atoms with E-state index in [1.165, 1.54) is 19.3 Å². The molecule has 0 spiro atoms. The zero-order chi connectivity index (χ0) is 18.4. The van der Waals surface area contributed by atoms with E-state index in [2.05, 4.69) is 22.4 Å². The SMILES string of the molecule is CN(Cc1cc(-c2ccccc2)on1)C(=O)NCC[C@@H]1CCCCN1C. The van der Waals surface area contributed by atoms with Gasteiger partial charge in [-0.2, -0.15) is 0 Å². The zero-order valence-corrected chi connectivity index (χ0v) is 15.6. The molecule has 1 aliphatic heterocycles. The van der Waals surface area contributed by atoms with Crippen LogP contribution in [-0.2, 0) is 6.54 Å². The second kappa shape index (κ2) is 8.85. The lowest BCUT2D eigenvalue weighted by molar-refractivity contribution is 0.172. The molecule has 1 atom stereocenters. The van der Waals surface area contributed by atoms with Crippen LogP contribution in [0, 0.1) is 0 Å². The third-order valence-electron chi connectivity index (χ3n) is 5.04. The van der Waals surface area contributed by atoms with Crippen molar-refractivity contribution in [3.05, 3.63) is 42.1 Å². The van der Waals surface area contributed by atoms with Gasteiger partial charge in [0.2, 0.25) is 0 Å². The van der Waals surface area contributed by atoms with Crippen LogP contribution in [0.5, 0.6) is 0 Å². The Morgan fingerprint density at radius 2 is 2.15 bits per heavy atom. The molecule has 1 aromatic carbocycles. The first-order chi connectivity index (χ1) is 12.6. The van der Waals surface area contributed by atoms with Crippen molar-refractivity contribution in [1.82, 2.24) is 20.3 Å². The first kappa shape index (κ1) is 18.5. The maximum Gasteiger partial charge on any atom is 0.317 e. The Morgan fingerprint density at radius 3 is 2.92 bits per heavy atom. The van der Waals surface area contributed by atoms with Crippen LogP contribution in [0.25, 0.3) is 11.3 Å².